The van der Waals surface area contributed by atoms with Crippen molar-refractivity contribution in [3.8, 4) is 17.2 Å². The van der Waals surface area contributed by atoms with Gasteiger partial charge in [-0.15, -0.1) is 23.2 Å². The van der Waals surface area contributed by atoms with Gasteiger partial charge in [0.05, 0.1) is 25.4 Å². The number of nitrogens with zero attached hydrogens (tertiary/aromatic N) is 3. The first-order valence-electron chi connectivity index (χ1n) is 12.1. The van der Waals surface area contributed by atoms with Crippen LogP contribution < -0.4 is 16.1 Å². The number of aromatic nitrogens is 3. The zero-order valence-corrected chi connectivity index (χ0v) is 23.6. The van der Waals surface area contributed by atoms with Crippen molar-refractivity contribution in [3.63, 3.8) is 0 Å². The number of carbonyl (C=O) groups is 2. The molecule has 0 unspecified atom stereocenters. The summed E-state index contributed by atoms with van der Waals surface area (Å²) in [6.07, 6.45) is 1.34. The van der Waals surface area contributed by atoms with Crippen molar-refractivity contribution in [1.29, 1.82) is 0 Å². The second-order valence-electron chi connectivity index (χ2n) is 9.75. The third kappa shape index (κ3) is 3.35. The van der Waals surface area contributed by atoms with E-state index in [4.69, 9.17) is 51.1 Å². The summed E-state index contributed by atoms with van der Waals surface area (Å²) in [6.45, 7) is -0.0364. The summed E-state index contributed by atoms with van der Waals surface area (Å²) in [5.74, 6) is -2.89. The molecule has 0 spiro atoms. The first-order valence-corrected chi connectivity index (χ1v) is 13.6. The molecular formula is C27H19Cl4N3O6. The standard InChI is InChI=1S/C27H19Cl4N3O6/c1-40-18-11-14(35)7-8-16(18)19-15-9-10-32-24(38)33(13-5-3-2-4-6-13)25(39)34(32)17(15)12-26(30)22(36)20(28)21(29)23(37)27(19,26)31/h2-9,11,17,19,35H,10,12H2,1H3/t17-,19-,26-,27+/m1/s1. The number of halogens is 4. The first-order chi connectivity index (χ1) is 19.0. The second kappa shape index (κ2) is 9.14. The number of hydrogen-bond donors (Lipinski definition) is 1. The van der Waals surface area contributed by atoms with Gasteiger partial charge in [0.25, 0.3) is 0 Å². The number of hydrogen-bond acceptors (Lipinski definition) is 6. The minimum atomic E-state index is -2.19. The predicted octanol–water partition coefficient (Wildman–Crippen LogP) is 3.98. The molecule has 0 amide bonds. The van der Waals surface area contributed by atoms with Gasteiger partial charge < -0.3 is 9.84 Å². The van der Waals surface area contributed by atoms with Crippen LogP contribution >= 0.6 is 46.4 Å². The highest BCUT2D eigenvalue weighted by atomic mass is 35.5. The van der Waals surface area contributed by atoms with Gasteiger partial charge in [-0.05, 0) is 23.8 Å². The average molecular weight is 623 g/mol. The molecule has 13 heteroatoms. The molecule has 0 bridgehead atoms. The molecule has 40 heavy (non-hydrogen) atoms. The number of carbonyl (C=O) groups excluding carboxylic acids is 2. The Bertz CT molecular complexity index is 1810. The van der Waals surface area contributed by atoms with E-state index in [1.807, 2.05) is 0 Å². The Balaban J connectivity index is 1.66. The van der Waals surface area contributed by atoms with E-state index in [-0.39, 0.29) is 24.5 Å². The van der Waals surface area contributed by atoms with Crippen LogP contribution in [0.15, 0.2) is 79.8 Å². The van der Waals surface area contributed by atoms with Crippen molar-refractivity contribution in [2.24, 2.45) is 0 Å². The van der Waals surface area contributed by atoms with E-state index in [0.717, 1.165) is 4.57 Å². The lowest BCUT2D eigenvalue weighted by molar-refractivity contribution is -0.128. The van der Waals surface area contributed by atoms with Crippen molar-refractivity contribution in [2.45, 2.75) is 34.7 Å². The number of para-hydroxylation sites is 1. The monoisotopic (exact) mass is 621 g/mol. The smallest absolute Gasteiger partial charge is 0.352 e. The van der Waals surface area contributed by atoms with Crippen molar-refractivity contribution in [1.82, 2.24) is 13.9 Å². The average Bonchev–Trinajstić information content (AvgIpc) is 3.21. The largest absolute Gasteiger partial charge is 0.508 e. The second-order valence-corrected chi connectivity index (χ2v) is 11.7. The number of ether oxygens (including phenoxy) is 1. The molecule has 0 radical (unpaired) electrons. The Morgan fingerprint density at radius 1 is 0.950 bits per heavy atom. The number of Topliss-reactive ketones (excluding diaryl/α,β-unsaturated/α-hetero) is 2. The van der Waals surface area contributed by atoms with Crippen LogP contribution in [0.2, 0.25) is 0 Å². The third-order valence-electron chi connectivity index (χ3n) is 7.85. The molecule has 1 saturated carbocycles. The number of methoxy groups -OCH3 is 1. The molecule has 1 fully saturated rings. The van der Waals surface area contributed by atoms with Crippen LogP contribution in [0.3, 0.4) is 0 Å². The molecule has 1 N–H and O–H groups in total. The molecule has 0 saturated heterocycles. The van der Waals surface area contributed by atoms with E-state index in [0.29, 0.717) is 16.8 Å². The summed E-state index contributed by atoms with van der Waals surface area (Å²) in [6, 6.07) is 11.6. The lowest BCUT2D eigenvalue weighted by Crippen LogP contribution is -2.67. The Kier molecular flexibility index (Phi) is 6.16. The van der Waals surface area contributed by atoms with Crippen LogP contribution in [0.5, 0.6) is 11.5 Å². The molecule has 1 aromatic heterocycles. The minimum absolute atomic E-state index is 0.0364. The van der Waals surface area contributed by atoms with Gasteiger partial charge in [-0.25, -0.2) is 23.5 Å². The highest BCUT2D eigenvalue weighted by Gasteiger charge is 2.71. The molecule has 3 aliphatic rings. The van der Waals surface area contributed by atoms with Crippen molar-refractivity contribution in [3.05, 3.63) is 96.8 Å². The number of allylic oxidation sites excluding steroid dienone is 4. The lowest BCUT2D eigenvalue weighted by atomic mass is 9.59. The fourth-order valence-corrected chi connectivity index (χ4v) is 7.57. The van der Waals surface area contributed by atoms with Gasteiger partial charge in [0, 0.05) is 24.0 Å². The van der Waals surface area contributed by atoms with E-state index in [2.05, 4.69) is 0 Å². The Labute approximate surface area is 246 Å². The van der Waals surface area contributed by atoms with Crippen molar-refractivity contribution < 1.29 is 19.4 Å². The van der Waals surface area contributed by atoms with Crippen LogP contribution in [0.1, 0.15) is 23.9 Å². The number of ketones is 2. The van der Waals surface area contributed by atoms with E-state index < -0.39 is 54.7 Å². The zero-order valence-electron chi connectivity index (χ0n) is 20.6. The molecule has 1 aliphatic heterocycles. The highest BCUT2D eigenvalue weighted by molar-refractivity contribution is 6.66. The van der Waals surface area contributed by atoms with Gasteiger partial charge >= 0.3 is 11.4 Å². The maximum atomic E-state index is 13.8. The van der Waals surface area contributed by atoms with E-state index >= 15 is 0 Å². The van der Waals surface area contributed by atoms with Gasteiger partial charge in [0.1, 0.15) is 31.3 Å². The number of alkyl halides is 2. The maximum absolute atomic E-state index is 13.8. The molecule has 2 aliphatic carbocycles. The predicted molar refractivity (Wildman–Crippen MR) is 149 cm³/mol. The number of phenols is 1. The third-order valence-corrected chi connectivity index (χ3v) is 10.1. The molecule has 4 atom stereocenters. The molecule has 2 heterocycles. The van der Waals surface area contributed by atoms with E-state index in [1.165, 1.54) is 34.7 Å². The molecule has 3 aromatic rings. The topological polar surface area (TPSA) is 113 Å². The Morgan fingerprint density at radius 3 is 2.30 bits per heavy atom. The van der Waals surface area contributed by atoms with Crippen molar-refractivity contribution in [2.75, 3.05) is 7.11 Å². The normalized spacial score (nSPS) is 27.6. The lowest BCUT2D eigenvalue weighted by Gasteiger charge is -2.54. The van der Waals surface area contributed by atoms with Crippen LogP contribution in [0, 0.1) is 0 Å². The van der Waals surface area contributed by atoms with Crippen LogP contribution in [0.4, 0.5) is 0 Å². The summed E-state index contributed by atoms with van der Waals surface area (Å²) in [7, 11) is 1.36. The SMILES string of the molecule is COc1cc(O)ccc1[C@H]1C2=CCn3c(=O)n(-c4ccccc4)c(=O)n3[C@@H]2C[C@@]2(Cl)C(=O)C(Cl)=C(Cl)C(=O)[C@@]12Cl. The molecule has 9 nitrogen and oxygen atoms in total. The van der Waals surface area contributed by atoms with Crippen molar-refractivity contribution >= 4 is 58.0 Å². The van der Waals surface area contributed by atoms with Crippen LogP contribution in [-0.2, 0) is 16.1 Å². The number of phenolic OH excluding ortho intramolecular Hbond substituents is 1. The van der Waals surface area contributed by atoms with E-state index in [1.54, 1.807) is 36.4 Å². The number of aromatic hydroxyl groups is 1. The fourth-order valence-electron chi connectivity index (χ4n) is 6.05. The first kappa shape index (κ1) is 27.0. The van der Waals surface area contributed by atoms with Crippen LogP contribution in [-0.4, -0.2) is 47.5 Å². The van der Waals surface area contributed by atoms with E-state index in [9.17, 15) is 24.3 Å². The van der Waals surface area contributed by atoms with Gasteiger partial charge in [0.2, 0.25) is 0 Å². The van der Waals surface area contributed by atoms with Gasteiger partial charge in [-0.1, -0.05) is 53.5 Å². The highest BCUT2D eigenvalue weighted by Crippen LogP contribution is 2.64. The van der Waals surface area contributed by atoms with Gasteiger partial charge in [-0.3, -0.25) is 9.59 Å². The molecular weight excluding hydrogens is 604 g/mol. The summed E-state index contributed by atoms with van der Waals surface area (Å²) < 4.78 is 9.02. The number of fused-ring (bicyclic) bond motifs is 4. The van der Waals surface area contributed by atoms with Gasteiger partial charge in [0.15, 0.2) is 11.6 Å². The molecule has 2 aromatic carbocycles. The summed E-state index contributed by atoms with van der Waals surface area (Å²) in [5, 5.41) is 9.00. The van der Waals surface area contributed by atoms with Crippen LogP contribution in [0.25, 0.3) is 5.69 Å². The Hall–Kier alpha value is -3.24. The number of rotatable bonds is 3. The number of benzene rings is 2. The summed E-state index contributed by atoms with van der Waals surface area (Å²) in [4.78, 5) is 50.4. The summed E-state index contributed by atoms with van der Waals surface area (Å²) in [5.41, 5.74) is -0.143. The minimum Gasteiger partial charge on any atom is -0.508 e. The zero-order chi connectivity index (χ0) is 28.7. The Morgan fingerprint density at radius 2 is 1.62 bits per heavy atom. The molecule has 206 valence electrons. The fraction of sp³-hybridized carbons (Fsp3) is 0.259. The maximum Gasteiger partial charge on any atom is 0.352 e. The van der Waals surface area contributed by atoms with Gasteiger partial charge in [-0.2, -0.15) is 0 Å². The molecule has 6 rings (SSSR count). The quantitative estimate of drug-likeness (QED) is 0.349. The summed E-state index contributed by atoms with van der Waals surface area (Å²) >= 11 is 26.8.